The molecule has 0 aliphatic heterocycles. The zero-order valence-corrected chi connectivity index (χ0v) is 15.1. The number of rotatable bonds is 4. The number of aromatic hydroxyl groups is 1. The molecule has 1 aliphatic carbocycles. The minimum absolute atomic E-state index is 0.109. The van der Waals surface area contributed by atoms with E-state index in [-0.39, 0.29) is 17.5 Å². The van der Waals surface area contributed by atoms with E-state index in [2.05, 4.69) is 21.4 Å². The summed E-state index contributed by atoms with van der Waals surface area (Å²) in [5.41, 5.74) is 7.71. The average molecular weight is 351 g/mol. The summed E-state index contributed by atoms with van der Waals surface area (Å²) >= 11 is 0. The molecular weight excluding hydrogens is 326 g/mol. The van der Waals surface area contributed by atoms with E-state index in [1.807, 2.05) is 13.1 Å². The van der Waals surface area contributed by atoms with Gasteiger partial charge >= 0.3 is 0 Å². The van der Waals surface area contributed by atoms with Gasteiger partial charge in [0.1, 0.15) is 23.2 Å². The second-order valence-electron chi connectivity index (χ2n) is 6.95. The third-order valence-corrected chi connectivity index (χ3v) is 5.19. The zero-order valence-electron chi connectivity index (χ0n) is 15.1. The molecule has 1 aromatic heterocycles. The summed E-state index contributed by atoms with van der Waals surface area (Å²) in [6.07, 6.45) is 5.37. The van der Waals surface area contributed by atoms with Gasteiger partial charge in [0.05, 0.1) is 11.3 Å². The number of nitrogen functional groups attached to an aromatic ring is 1. The molecule has 2 atom stereocenters. The van der Waals surface area contributed by atoms with Crippen LogP contribution in [-0.2, 0) is 0 Å². The number of nitriles is 1. The van der Waals surface area contributed by atoms with Crippen LogP contribution in [0.2, 0.25) is 0 Å². The molecule has 1 aromatic carbocycles. The summed E-state index contributed by atoms with van der Waals surface area (Å²) in [5.74, 6) is 1.53. The fourth-order valence-corrected chi connectivity index (χ4v) is 3.83. The molecule has 0 radical (unpaired) electrons. The SMILES string of the molecule is CNCC1CCCC(c2nc(-c3ccccc3O)nc(N)c2C#N)CC1. The van der Waals surface area contributed by atoms with Crippen molar-refractivity contribution in [3.05, 3.63) is 35.5 Å². The number of nitrogens with zero attached hydrogens (tertiary/aromatic N) is 3. The Morgan fingerprint density at radius 1 is 1.23 bits per heavy atom. The van der Waals surface area contributed by atoms with Crippen molar-refractivity contribution in [2.24, 2.45) is 5.92 Å². The molecule has 6 nitrogen and oxygen atoms in total. The lowest BCUT2D eigenvalue weighted by atomic mass is 9.92. The van der Waals surface area contributed by atoms with E-state index < -0.39 is 0 Å². The lowest BCUT2D eigenvalue weighted by Crippen LogP contribution is -2.18. The molecule has 4 N–H and O–H groups in total. The molecule has 1 heterocycles. The van der Waals surface area contributed by atoms with Crippen LogP contribution in [-0.4, -0.2) is 28.7 Å². The van der Waals surface area contributed by atoms with E-state index in [1.165, 1.54) is 6.42 Å². The molecule has 0 amide bonds. The Balaban J connectivity index is 1.98. The number of phenols is 1. The summed E-state index contributed by atoms with van der Waals surface area (Å²) in [5, 5.41) is 23.0. The van der Waals surface area contributed by atoms with Crippen LogP contribution in [0.5, 0.6) is 5.75 Å². The highest BCUT2D eigenvalue weighted by Crippen LogP contribution is 2.37. The fourth-order valence-electron chi connectivity index (χ4n) is 3.83. The molecule has 1 aliphatic rings. The molecule has 0 saturated heterocycles. The number of phenolic OH excluding ortho intramolecular Hbond substituents is 1. The summed E-state index contributed by atoms with van der Waals surface area (Å²) < 4.78 is 0. The van der Waals surface area contributed by atoms with Crippen molar-refractivity contribution in [2.75, 3.05) is 19.3 Å². The Morgan fingerprint density at radius 2 is 2.04 bits per heavy atom. The van der Waals surface area contributed by atoms with Crippen LogP contribution < -0.4 is 11.1 Å². The van der Waals surface area contributed by atoms with E-state index in [1.54, 1.807) is 18.2 Å². The van der Waals surface area contributed by atoms with Crippen LogP contribution in [0.3, 0.4) is 0 Å². The Bertz CT molecular complexity index is 814. The first-order valence-corrected chi connectivity index (χ1v) is 9.14. The van der Waals surface area contributed by atoms with Crippen molar-refractivity contribution in [1.29, 1.82) is 5.26 Å². The van der Waals surface area contributed by atoms with Gasteiger partial charge in [-0.15, -0.1) is 0 Å². The number of hydrogen-bond donors (Lipinski definition) is 3. The van der Waals surface area contributed by atoms with Gasteiger partial charge in [0, 0.05) is 5.92 Å². The average Bonchev–Trinajstić information content (AvgIpc) is 2.87. The first-order chi connectivity index (χ1) is 12.6. The Hall–Kier alpha value is -2.65. The first-order valence-electron chi connectivity index (χ1n) is 9.14. The zero-order chi connectivity index (χ0) is 18.5. The van der Waals surface area contributed by atoms with Crippen LogP contribution >= 0.6 is 0 Å². The standard InChI is InChI=1S/C20H25N5O/c1-23-12-13-5-4-6-14(10-9-13)18-16(11-21)19(22)25-20(24-18)15-7-2-3-8-17(15)26/h2-3,7-8,13-14,23,26H,4-6,9-10,12H2,1H3,(H2,22,24,25). The summed E-state index contributed by atoms with van der Waals surface area (Å²) in [7, 11) is 1.99. The van der Waals surface area contributed by atoms with Crippen molar-refractivity contribution in [3.63, 3.8) is 0 Å². The second kappa shape index (κ2) is 8.15. The lowest BCUT2D eigenvalue weighted by Gasteiger charge is -2.18. The van der Waals surface area contributed by atoms with Crippen molar-refractivity contribution in [3.8, 4) is 23.2 Å². The highest BCUT2D eigenvalue weighted by atomic mass is 16.3. The quantitative estimate of drug-likeness (QED) is 0.730. The number of nitrogens with one attached hydrogen (secondary N) is 1. The van der Waals surface area contributed by atoms with E-state index in [9.17, 15) is 10.4 Å². The Morgan fingerprint density at radius 3 is 2.77 bits per heavy atom. The minimum Gasteiger partial charge on any atom is -0.507 e. The first kappa shape index (κ1) is 18.2. The van der Waals surface area contributed by atoms with Gasteiger partial charge in [-0.25, -0.2) is 9.97 Å². The lowest BCUT2D eigenvalue weighted by molar-refractivity contribution is 0.438. The van der Waals surface area contributed by atoms with Crippen LogP contribution in [0, 0.1) is 17.2 Å². The molecule has 1 fully saturated rings. The van der Waals surface area contributed by atoms with Crippen molar-refractivity contribution in [1.82, 2.24) is 15.3 Å². The third kappa shape index (κ3) is 3.78. The van der Waals surface area contributed by atoms with E-state index in [0.29, 0.717) is 22.9 Å². The highest BCUT2D eigenvalue weighted by Gasteiger charge is 2.25. The van der Waals surface area contributed by atoms with Gasteiger partial charge in [-0.1, -0.05) is 18.6 Å². The Kier molecular flexibility index (Phi) is 5.69. The van der Waals surface area contributed by atoms with Crippen molar-refractivity contribution < 1.29 is 5.11 Å². The molecule has 3 rings (SSSR count). The van der Waals surface area contributed by atoms with Crippen LogP contribution in [0.15, 0.2) is 24.3 Å². The van der Waals surface area contributed by atoms with Crippen LogP contribution in [0.25, 0.3) is 11.4 Å². The van der Waals surface area contributed by atoms with E-state index in [4.69, 9.17) is 5.73 Å². The smallest absolute Gasteiger partial charge is 0.165 e. The third-order valence-electron chi connectivity index (χ3n) is 5.19. The molecule has 6 heteroatoms. The van der Waals surface area contributed by atoms with Gasteiger partial charge in [0.15, 0.2) is 5.82 Å². The van der Waals surface area contributed by atoms with E-state index in [0.717, 1.165) is 37.9 Å². The monoisotopic (exact) mass is 351 g/mol. The van der Waals surface area contributed by atoms with Crippen molar-refractivity contribution >= 4 is 5.82 Å². The number of aromatic nitrogens is 2. The topological polar surface area (TPSA) is 108 Å². The number of benzene rings is 1. The normalized spacial score (nSPS) is 20.3. The van der Waals surface area contributed by atoms with E-state index >= 15 is 0 Å². The van der Waals surface area contributed by atoms with Crippen LogP contribution in [0.4, 0.5) is 5.82 Å². The van der Waals surface area contributed by atoms with Crippen LogP contribution in [0.1, 0.15) is 49.3 Å². The number of anilines is 1. The van der Waals surface area contributed by atoms with Gasteiger partial charge in [0.2, 0.25) is 0 Å². The Labute approximate surface area is 154 Å². The largest absolute Gasteiger partial charge is 0.507 e. The molecule has 2 aromatic rings. The molecule has 0 bridgehead atoms. The minimum atomic E-state index is 0.109. The molecular formula is C20H25N5O. The number of para-hydroxylation sites is 1. The number of hydrogen-bond acceptors (Lipinski definition) is 6. The van der Waals surface area contributed by atoms with Gasteiger partial charge in [-0.2, -0.15) is 5.26 Å². The highest BCUT2D eigenvalue weighted by molar-refractivity contribution is 5.66. The van der Waals surface area contributed by atoms with Gasteiger partial charge in [0.25, 0.3) is 0 Å². The molecule has 136 valence electrons. The molecule has 26 heavy (non-hydrogen) atoms. The predicted octanol–water partition coefficient (Wildman–Crippen LogP) is 3.19. The number of nitrogens with two attached hydrogens (primary N) is 1. The maximum atomic E-state index is 10.1. The predicted molar refractivity (Wildman–Crippen MR) is 102 cm³/mol. The maximum Gasteiger partial charge on any atom is 0.165 e. The van der Waals surface area contributed by atoms with Crippen molar-refractivity contribution in [2.45, 2.75) is 38.0 Å². The summed E-state index contributed by atoms with van der Waals surface area (Å²) in [4.78, 5) is 8.96. The summed E-state index contributed by atoms with van der Waals surface area (Å²) in [6, 6.07) is 9.11. The van der Waals surface area contributed by atoms with Gasteiger partial charge in [-0.3, -0.25) is 0 Å². The molecule has 0 spiro atoms. The fraction of sp³-hybridized carbons (Fsp3) is 0.450. The van der Waals surface area contributed by atoms with Gasteiger partial charge in [-0.05, 0) is 57.3 Å². The maximum absolute atomic E-state index is 10.1. The molecule has 1 saturated carbocycles. The second-order valence-corrected chi connectivity index (χ2v) is 6.95. The van der Waals surface area contributed by atoms with Gasteiger partial charge < -0.3 is 16.2 Å². The summed E-state index contributed by atoms with van der Waals surface area (Å²) in [6.45, 7) is 1.02. The molecule has 2 unspecified atom stereocenters.